The number of halogens is 1. The average Bonchev–Trinajstić information content (AvgIpc) is 2.44. The number of rotatable bonds is 9. The van der Waals surface area contributed by atoms with Gasteiger partial charge in [-0.3, -0.25) is 9.59 Å². The molecular formula is C17H22ClNO4. The standard InChI is InChI=1S/C17H22ClNO4/c18-13-8-9-15(23-11-12-4-3-5-12)14(10-13)19-16(20)6-1-2-7-17(21)22/h8-10,12H,1-7,11H2,(H,19,20)(H,21,22). The van der Waals surface area contributed by atoms with Gasteiger partial charge in [-0.15, -0.1) is 0 Å². The molecule has 2 rings (SSSR count). The van der Waals surface area contributed by atoms with Crippen LogP contribution in [0.4, 0.5) is 5.69 Å². The van der Waals surface area contributed by atoms with Gasteiger partial charge in [-0.25, -0.2) is 0 Å². The number of aliphatic carboxylic acids is 1. The van der Waals surface area contributed by atoms with Gasteiger partial charge in [0.1, 0.15) is 5.75 Å². The van der Waals surface area contributed by atoms with E-state index in [9.17, 15) is 9.59 Å². The first-order chi connectivity index (χ1) is 11.0. The molecule has 126 valence electrons. The number of hydrogen-bond acceptors (Lipinski definition) is 3. The molecule has 1 aliphatic carbocycles. The normalized spacial score (nSPS) is 14.1. The Morgan fingerprint density at radius 3 is 2.65 bits per heavy atom. The van der Waals surface area contributed by atoms with Gasteiger partial charge in [-0.05, 0) is 49.8 Å². The molecule has 1 saturated carbocycles. The SMILES string of the molecule is O=C(O)CCCCC(=O)Nc1cc(Cl)ccc1OCC1CCC1. The highest BCUT2D eigenvalue weighted by molar-refractivity contribution is 6.31. The molecule has 1 aromatic rings. The van der Waals surface area contributed by atoms with Gasteiger partial charge in [0.2, 0.25) is 5.91 Å². The average molecular weight is 340 g/mol. The molecule has 1 aliphatic rings. The zero-order valence-corrected chi connectivity index (χ0v) is 13.8. The molecule has 0 bridgehead atoms. The van der Waals surface area contributed by atoms with Crippen LogP contribution in [0, 0.1) is 5.92 Å². The minimum Gasteiger partial charge on any atom is -0.491 e. The number of anilines is 1. The summed E-state index contributed by atoms with van der Waals surface area (Å²) < 4.78 is 5.80. The van der Waals surface area contributed by atoms with Gasteiger partial charge in [-0.1, -0.05) is 18.0 Å². The van der Waals surface area contributed by atoms with E-state index < -0.39 is 5.97 Å². The van der Waals surface area contributed by atoms with Gasteiger partial charge in [-0.2, -0.15) is 0 Å². The van der Waals surface area contributed by atoms with Gasteiger partial charge in [0.15, 0.2) is 0 Å². The molecule has 0 heterocycles. The molecule has 0 spiro atoms. The van der Waals surface area contributed by atoms with Crippen molar-refractivity contribution in [2.75, 3.05) is 11.9 Å². The Labute approximate surface area is 141 Å². The van der Waals surface area contributed by atoms with E-state index in [4.69, 9.17) is 21.4 Å². The molecule has 1 amide bonds. The van der Waals surface area contributed by atoms with E-state index in [0.717, 1.165) is 0 Å². The highest BCUT2D eigenvalue weighted by Crippen LogP contribution is 2.31. The van der Waals surface area contributed by atoms with E-state index in [1.165, 1.54) is 19.3 Å². The molecule has 0 aromatic heterocycles. The summed E-state index contributed by atoms with van der Waals surface area (Å²) in [5, 5.41) is 11.9. The molecule has 6 heteroatoms. The van der Waals surface area contributed by atoms with Crippen LogP contribution in [-0.2, 0) is 9.59 Å². The summed E-state index contributed by atoms with van der Waals surface area (Å²) in [4.78, 5) is 22.4. The quantitative estimate of drug-likeness (QED) is 0.664. The predicted molar refractivity (Wildman–Crippen MR) is 89.0 cm³/mol. The molecule has 1 aromatic carbocycles. The number of benzene rings is 1. The summed E-state index contributed by atoms with van der Waals surface area (Å²) in [6, 6.07) is 5.17. The van der Waals surface area contributed by atoms with Crippen LogP contribution in [0.5, 0.6) is 5.75 Å². The fraction of sp³-hybridized carbons (Fsp3) is 0.529. The fourth-order valence-corrected chi connectivity index (χ4v) is 2.54. The van der Waals surface area contributed by atoms with Crippen LogP contribution in [-0.4, -0.2) is 23.6 Å². The highest BCUT2D eigenvalue weighted by atomic mass is 35.5. The largest absolute Gasteiger partial charge is 0.491 e. The Kier molecular flexibility index (Phi) is 6.71. The Balaban J connectivity index is 1.85. The minimum atomic E-state index is -0.841. The number of carboxylic acids is 1. The lowest BCUT2D eigenvalue weighted by Gasteiger charge is -2.25. The predicted octanol–water partition coefficient (Wildman–Crippen LogP) is 4.10. The number of carboxylic acid groups (broad SMARTS) is 1. The van der Waals surface area contributed by atoms with Crippen LogP contribution in [0.25, 0.3) is 0 Å². The second-order valence-electron chi connectivity index (χ2n) is 5.90. The molecule has 0 unspecified atom stereocenters. The van der Waals surface area contributed by atoms with Crippen molar-refractivity contribution in [3.05, 3.63) is 23.2 Å². The van der Waals surface area contributed by atoms with Gasteiger partial charge < -0.3 is 15.2 Å². The zero-order valence-electron chi connectivity index (χ0n) is 13.0. The number of carbonyl (C=O) groups is 2. The second-order valence-corrected chi connectivity index (χ2v) is 6.33. The summed E-state index contributed by atoms with van der Waals surface area (Å²) in [6.07, 6.45) is 5.04. The monoisotopic (exact) mass is 339 g/mol. The molecule has 1 fully saturated rings. The topological polar surface area (TPSA) is 75.6 Å². The summed E-state index contributed by atoms with van der Waals surface area (Å²) in [5.41, 5.74) is 0.569. The van der Waals surface area contributed by atoms with E-state index in [1.807, 2.05) is 0 Å². The first kappa shape index (κ1) is 17.6. The molecule has 0 radical (unpaired) electrons. The number of carbonyl (C=O) groups excluding carboxylic acids is 1. The molecule has 2 N–H and O–H groups in total. The Morgan fingerprint density at radius 2 is 2.00 bits per heavy atom. The molecule has 23 heavy (non-hydrogen) atoms. The number of unbranched alkanes of at least 4 members (excludes halogenated alkanes) is 1. The minimum absolute atomic E-state index is 0.0835. The van der Waals surface area contributed by atoms with Gasteiger partial charge in [0.25, 0.3) is 0 Å². The van der Waals surface area contributed by atoms with Crippen molar-refractivity contribution in [2.24, 2.45) is 5.92 Å². The van der Waals surface area contributed by atoms with Crippen molar-refractivity contribution in [3.8, 4) is 5.75 Å². The summed E-state index contributed by atoms with van der Waals surface area (Å²) in [5.74, 6) is 0.225. The smallest absolute Gasteiger partial charge is 0.303 e. The van der Waals surface area contributed by atoms with Crippen molar-refractivity contribution in [1.82, 2.24) is 0 Å². The third-order valence-electron chi connectivity index (χ3n) is 3.96. The van der Waals surface area contributed by atoms with Crippen LogP contribution >= 0.6 is 11.6 Å². The maximum atomic E-state index is 12.0. The molecule has 0 aliphatic heterocycles. The second kappa shape index (κ2) is 8.77. The van der Waals surface area contributed by atoms with Crippen LogP contribution in [0.15, 0.2) is 18.2 Å². The number of amides is 1. The molecule has 5 nitrogen and oxygen atoms in total. The lowest BCUT2D eigenvalue weighted by atomic mass is 9.86. The fourth-order valence-electron chi connectivity index (χ4n) is 2.37. The summed E-state index contributed by atoms with van der Waals surface area (Å²) >= 11 is 5.99. The number of hydrogen-bond donors (Lipinski definition) is 2. The van der Waals surface area contributed by atoms with E-state index in [1.54, 1.807) is 18.2 Å². The van der Waals surface area contributed by atoms with E-state index in [0.29, 0.717) is 41.8 Å². The van der Waals surface area contributed by atoms with Gasteiger partial charge in [0.05, 0.1) is 12.3 Å². The van der Waals surface area contributed by atoms with E-state index in [2.05, 4.69) is 5.32 Å². The Bertz CT molecular complexity index is 558. The molecule has 0 atom stereocenters. The van der Waals surface area contributed by atoms with Crippen LogP contribution in [0.1, 0.15) is 44.9 Å². The van der Waals surface area contributed by atoms with Crippen molar-refractivity contribution in [3.63, 3.8) is 0 Å². The maximum absolute atomic E-state index is 12.0. The van der Waals surface area contributed by atoms with Crippen molar-refractivity contribution < 1.29 is 19.4 Å². The first-order valence-electron chi connectivity index (χ1n) is 7.98. The van der Waals surface area contributed by atoms with Crippen LogP contribution in [0.3, 0.4) is 0 Å². The summed E-state index contributed by atoms with van der Waals surface area (Å²) in [7, 11) is 0. The van der Waals surface area contributed by atoms with Crippen LogP contribution < -0.4 is 10.1 Å². The highest BCUT2D eigenvalue weighted by Gasteiger charge is 2.19. The van der Waals surface area contributed by atoms with Gasteiger partial charge in [0, 0.05) is 17.9 Å². The first-order valence-corrected chi connectivity index (χ1v) is 8.36. The lowest BCUT2D eigenvalue weighted by molar-refractivity contribution is -0.137. The van der Waals surface area contributed by atoms with Crippen molar-refractivity contribution >= 4 is 29.2 Å². The van der Waals surface area contributed by atoms with Crippen molar-refractivity contribution in [2.45, 2.75) is 44.9 Å². The van der Waals surface area contributed by atoms with E-state index in [-0.39, 0.29) is 18.7 Å². The number of nitrogens with one attached hydrogen (secondary N) is 1. The summed E-state index contributed by atoms with van der Waals surface area (Å²) in [6.45, 7) is 0.656. The third-order valence-corrected chi connectivity index (χ3v) is 4.19. The maximum Gasteiger partial charge on any atom is 0.303 e. The van der Waals surface area contributed by atoms with Crippen molar-refractivity contribution in [1.29, 1.82) is 0 Å². The Hall–Kier alpha value is -1.75. The van der Waals surface area contributed by atoms with Gasteiger partial charge >= 0.3 is 5.97 Å². The molecule has 0 saturated heterocycles. The number of ether oxygens (including phenoxy) is 1. The van der Waals surface area contributed by atoms with Crippen LogP contribution in [0.2, 0.25) is 5.02 Å². The zero-order chi connectivity index (χ0) is 16.7. The third kappa shape index (κ3) is 6.10. The molecular weight excluding hydrogens is 318 g/mol. The Morgan fingerprint density at radius 1 is 1.26 bits per heavy atom. The lowest BCUT2D eigenvalue weighted by Crippen LogP contribution is -2.20. The van der Waals surface area contributed by atoms with E-state index >= 15 is 0 Å².